The number of para-hydroxylation sites is 1. The van der Waals surface area contributed by atoms with Gasteiger partial charge in [0.15, 0.2) is 0 Å². The maximum atomic E-state index is 14.1. The van der Waals surface area contributed by atoms with Gasteiger partial charge in [-0.3, -0.25) is 4.57 Å². The third-order valence-corrected chi connectivity index (χ3v) is 5.09. The number of esters is 1. The second-order valence-corrected chi connectivity index (χ2v) is 6.96. The molecule has 1 aliphatic heterocycles. The van der Waals surface area contributed by atoms with Crippen LogP contribution in [0.25, 0.3) is 10.9 Å². The number of halogens is 4. The Labute approximate surface area is 166 Å². The first-order chi connectivity index (χ1) is 14.2. The Balaban J connectivity index is 1.84. The number of aromatic nitrogens is 4. The van der Waals surface area contributed by atoms with Gasteiger partial charge in [0, 0.05) is 11.8 Å². The lowest BCUT2D eigenvalue weighted by Gasteiger charge is -2.20. The van der Waals surface area contributed by atoms with Crippen LogP contribution in [0.2, 0.25) is 0 Å². The van der Waals surface area contributed by atoms with E-state index >= 15 is 0 Å². The molecule has 0 N–H and O–H groups in total. The monoisotopic (exact) mass is 424 g/mol. The number of hydrogen-bond acceptors (Lipinski definition) is 5. The van der Waals surface area contributed by atoms with Gasteiger partial charge in [-0.05, 0) is 30.5 Å². The molecule has 0 amide bonds. The van der Waals surface area contributed by atoms with Crippen LogP contribution < -0.4 is 5.69 Å². The molecule has 1 atom stereocenters. The number of benzene rings is 1. The second kappa shape index (κ2) is 7.22. The average molecular weight is 424 g/mol. The fourth-order valence-corrected chi connectivity index (χ4v) is 3.71. The van der Waals surface area contributed by atoms with Crippen LogP contribution in [0, 0.1) is 5.82 Å². The van der Waals surface area contributed by atoms with E-state index < -0.39 is 40.9 Å². The van der Waals surface area contributed by atoms with E-state index in [2.05, 4.69) is 10.1 Å². The molecule has 0 aliphatic carbocycles. The molecule has 0 fully saturated rings. The van der Waals surface area contributed by atoms with E-state index in [4.69, 9.17) is 4.74 Å². The molecule has 1 aliphatic rings. The van der Waals surface area contributed by atoms with Crippen LogP contribution in [0.5, 0.6) is 0 Å². The Morgan fingerprint density at radius 1 is 1.33 bits per heavy atom. The first-order valence-corrected chi connectivity index (χ1v) is 9.12. The van der Waals surface area contributed by atoms with Gasteiger partial charge in [-0.25, -0.2) is 23.6 Å². The molecule has 0 bridgehead atoms. The molecule has 0 radical (unpaired) electrons. The molecule has 3 aromatic rings. The van der Waals surface area contributed by atoms with Crippen molar-refractivity contribution in [3.63, 3.8) is 0 Å². The van der Waals surface area contributed by atoms with Crippen molar-refractivity contribution in [2.24, 2.45) is 0 Å². The predicted octanol–water partition coefficient (Wildman–Crippen LogP) is 2.85. The van der Waals surface area contributed by atoms with Crippen LogP contribution in [0.3, 0.4) is 0 Å². The Kier molecular flexibility index (Phi) is 4.83. The molecule has 11 heteroatoms. The number of methoxy groups -OCH3 is 1. The van der Waals surface area contributed by atoms with E-state index in [1.54, 1.807) is 0 Å². The summed E-state index contributed by atoms with van der Waals surface area (Å²) in [4.78, 5) is 28.3. The Morgan fingerprint density at radius 3 is 2.80 bits per heavy atom. The molecule has 0 unspecified atom stereocenters. The van der Waals surface area contributed by atoms with Crippen molar-refractivity contribution in [3.05, 3.63) is 57.6 Å². The third-order valence-electron chi connectivity index (χ3n) is 5.09. The van der Waals surface area contributed by atoms with Gasteiger partial charge >= 0.3 is 17.8 Å². The minimum Gasteiger partial charge on any atom is -0.467 e. The number of nitrogens with zero attached hydrogens (tertiary/aromatic N) is 4. The lowest BCUT2D eigenvalue weighted by atomic mass is 10.1. The van der Waals surface area contributed by atoms with Gasteiger partial charge in [-0.1, -0.05) is 12.1 Å². The summed E-state index contributed by atoms with van der Waals surface area (Å²) in [6.45, 7) is -0.335. The highest BCUT2D eigenvalue weighted by atomic mass is 19.4. The minimum atomic E-state index is -4.79. The molecule has 0 saturated heterocycles. The van der Waals surface area contributed by atoms with Crippen molar-refractivity contribution < 1.29 is 27.1 Å². The van der Waals surface area contributed by atoms with Gasteiger partial charge in [-0.2, -0.15) is 18.3 Å². The number of fused-ring (bicyclic) bond motifs is 2. The molecule has 1 aromatic carbocycles. The van der Waals surface area contributed by atoms with Crippen LogP contribution in [-0.2, 0) is 28.7 Å². The van der Waals surface area contributed by atoms with Crippen LogP contribution in [0.15, 0.2) is 29.1 Å². The van der Waals surface area contributed by atoms with E-state index in [1.165, 1.54) is 23.8 Å². The normalized spacial score (nSPS) is 16.5. The van der Waals surface area contributed by atoms with Gasteiger partial charge in [0.25, 0.3) is 0 Å². The van der Waals surface area contributed by atoms with Crippen molar-refractivity contribution in [2.75, 3.05) is 7.11 Å². The van der Waals surface area contributed by atoms with Crippen LogP contribution >= 0.6 is 0 Å². The SMILES string of the molecule is COC(=O)[C@@H]1CCCc2nn(Cc3cc(C(F)(F)F)nc4c(F)cccc34)c(=O)n21. The molecule has 7 nitrogen and oxygen atoms in total. The highest BCUT2D eigenvalue weighted by Gasteiger charge is 2.34. The number of aryl methyl sites for hydroxylation is 1. The van der Waals surface area contributed by atoms with Gasteiger partial charge in [0.1, 0.15) is 28.9 Å². The van der Waals surface area contributed by atoms with E-state index in [-0.39, 0.29) is 17.5 Å². The third kappa shape index (κ3) is 3.33. The van der Waals surface area contributed by atoms with E-state index in [9.17, 15) is 27.2 Å². The number of carbonyl (C=O) groups excluding carboxylic acids is 1. The Morgan fingerprint density at radius 2 is 2.10 bits per heavy atom. The van der Waals surface area contributed by atoms with Gasteiger partial charge in [-0.15, -0.1) is 0 Å². The quantitative estimate of drug-likeness (QED) is 0.477. The van der Waals surface area contributed by atoms with Gasteiger partial charge in [0.05, 0.1) is 13.7 Å². The first kappa shape index (κ1) is 20.0. The van der Waals surface area contributed by atoms with Crippen molar-refractivity contribution in [3.8, 4) is 0 Å². The molecule has 3 heterocycles. The van der Waals surface area contributed by atoms with E-state index in [1.807, 2.05) is 0 Å². The predicted molar refractivity (Wildman–Crippen MR) is 96.3 cm³/mol. The van der Waals surface area contributed by atoms with Crippen molar-refractivity contribution in [1.82, 2.24) is 19.3 Å². The minimum absolute atomic E-state index is 0.0407. The second-order valence-electron chi connectivity index (χ2n) is 6.96. The summed E-state index contributed by atoms with van der Waals surface area (Å²) >= 11 is 0. The van der Waals surface area contributed by atoms with Gasteiger partial charge < -0.3 is 4.74 Å². The fourth-order valence-electron chi connectivity index (χ4n) is 3.71. The topological polar surface area (TPSA) is 79.0 Å². The summed E-state index contributed by atoms with van der Waals surface area (Å²) in [7, 11) is 1.21. The van der Waals surface area contributed by atoms with Crippen molar-refractivity contribution in [1.29, 1.82) is 0 Å². The van der Waals surface area contributed by atoms with E-state index in [0.717, 1.165) is 16.8 Å². The maximum Gasteiger partial charge on any atom is 0.433 e. The molecule has 30 heavy (non-hydrogen) atoms. The Hall–Kier alpha value is -3.24. The van der Waals surface area contributed by atoms with Crippen LogP contribution in [0.4, 0.5) is 17.6 Å². The number of ether oxygens (including phenoxy) is 1. The fraction of sp³-hybridized carbons (Fsp3) is 0.368. The molecule has 158 valence electrons. The average Bonchev–Trinajstić information content (AvgIpc) is 3.03. The molecular formula is C19H16F4N4O3. The summed E-state index contributed by atoms with van der Waals surface area (Å²) in [5.41, 5.74) is -2.31. The van der Waals surface area contributed by atoms with Crippen molar-refractivity contribution in [2.45, 2.75) is 38.0 Å². The maximum absolute atomic E-state index is 14.1. The van der Waals surface area contributed by atoms with Gasteiger partial charge in [0.2, 0.25) is 0 Å². The number of alkyl halides is 3. The molecule has 0 spiro atoms. The number of rotatable bonds is 3. The van der Waals surface area contributed by atoms with Crippen molar-refractivity contribution >= 4 is 16.9 Å². The zero-order chi connectivity index (χ0) is 21.6. The molecule has 4 rings (SSSR count). The summed E-state index contributed by atoms with van der Waals surface area (Å²) in [5.74, 6) is -1.14. The molecule has 0 saturated carbocycles. The highest BCUT2D eigenvalue weighted by molar-refractivity contribution is 5.83. The standard InChI is InChI=1S/C19H16F4N4O3/c1-30-17(28)13-6-3-7-15-25-26(18(29)27(13)15)9-10-8-14(19(21,22)23)24-16-11(10)4-2-5-12(16)20/h2,4-5,8,13H,3,6-7,9H2,1H3/t13-/m0/s1. The smallest absolute Gasteiger partial charge is 0.433 e. The lowest BCUT2D eigenvalue weighted by molar-refractivity contribution is -0.145. The molecular weight excluding hydrogens is 408 g/mol. The summed E-state index contributed by atoms with van der Waals surface area (Å²) in [6.07, 6.45) is -3.35. The van der Waals surface area contributed by atoms with E-state index in [0.29, 0.717) is 25.1 Å². The number of pyridine rings is 1. The van der Waals surface area contributed by atoms with Crippen LogP contribution in [-0.4, -0.2) is 32.4 Å². The number of hydrogen-bond donors (Lipinski definition) is 0. The molecule has 2 aromatic heterocycles. The highest BCUT2D eigenvalue weighted by Crippen LogP contribution is 2.32. The zero-order valence-electron chi connectivity index (χ0n) is 15.7. The lowest BCUT2D eigenvalue weighted by Crippen LogP contribution is -2.35. The van der Waals surface area contributed by atoms with Crippen LogP contribution in [0.1, 0.15) is 36.0 Å². The number of carbonyl (C=O) groups is 1. The largest absolute Gasteiger partial charge is 0.467 e. The first-order valence-electron chi connectivity index (χ1n) is 9.12. The Bertz CT molecular complexity index is 1200. The summed E-state index contributed by atoms with van der Waals surface area (Å²) in [6, 6.07) is 3.74. The summed E-state index contributed by atoms with van der Waals surface area (Å²) < 4.78 is 60.9. The zero-order valence-corrected chi connectivity index (χ0v) is 15.7. The summed E-state index contributed by atoms with van der Waals surface area (Å²) in [5, 5.41) is 4.34.